The molecule has 4 aromatic rings. The first-order chi connectivity index (χ1) is 37.8. The van der Waals surface area contributed by atoms with Crippen LogP contribution in [0.3, 0.4) is 0 Å². The molecule has 2 fully saturated rings. The maximum atomic E-state index is 13.0. The fraction of sp³-hybridized carbons (Fsp3) is 0.483. The number of likely N-dealkylation sites (tertiary alicyclic amines) is 2. The predicted octanol–water partition coefficient (Wildman–Crippen LogP) is 8.98. The molecule has 0 radical (unpaired) electrons. The highest BCUT2D eigenvalue weighted by Gasteiger charge is 2.42. The van der Waals surface area contributed by atoms with Crippen LogP contribution in [0.15, 0.2) is 139 Å². The van der Waals surface area contributed by atoms with Crippen LogP contribution in [0.25, 0.3) is 0 Å². The van der Waals surface area contributed by atoms with Gasteiger partial charge in [-0.05, 0) is 167 Å². The van der Waals surface area contributed by atoms with Crippen LogP contribution in [-0.2, 0) is 47.3 Å². The van der Waals surface area contributed by atoms with Gasteiger partial charge < -0.3 is 25.3 Å². The molecule has 4 aliphatic rings. The first-order valence-corrected chi connectivity index (χ1v) is 29.9. The molecule has 442 valence electrons. The van der Waals surface area contributed by atoms with E-state index < -0.39 is 43.6 Å². The number of nitrogens with one attached hydrogen (secondary N) is 3. The van der Waals surface area contributed by atoms with Crippen molar-refractivity contribution < 1.29 is 40.6 Å². The number of ether oxygens (including phenoxy) is 3. The Balaban J connectivity index is 0.000000237. The zero-order valence-electron chi connectivity index (χ0n) is 47.6. The fourth-order valence-electron chi connectivity index (χ4n) is 9.02. The Morgan fingerprint density at radius 2 is 0.951 bits per heavy atom. The fourth-order valence-corrected chi connectivity index (χ4v) is 11.1. The molecule has 21 nitrogen and oxygen atoms in total. The van der Waals surface area contributed by atoms with E-state index in [1.807, 2.05) is 38.4 Å². The van der Waals surface area contributed by atoms with E-state index in [4.69, 9.17) is 15.2 Å². The summed E-state index contributed by atoms with van der Waals surface area (Å²) in [5, 5.41) is 15.5. The highest BCUT2D eigenvalue weighted by molar-refractivity contribution is 7.90. The average Bonchev–Trinajstić information content (AvgIpc) is 4.02. The molecule has 2 saturated heterocycles. The van der Waals surface area contributed by atoms with Crippen molar-refractivity contribution in [2.24, 2.45) is 31.0 Å². The number of carbonyl (C=O) groups is 2. The minimum absolute atomic E-state index is 0. The summed E-state index contributed by atoms with van der Waals surface area (Å²) in [7, 11) is -5.75. The molecule has 4 aliphatic heterocycles. The normalized spacial score (nSPS) is 17.2. The molecular weight excluding hydrogens is 1070 g/mol. The third-order valence-corrected chi connectivity index (χ3v) is 15.9. The molecule has 4 heterocycles. The average molecular weight is 1160 g/mol. The Labute approximate surface area is 480 Å². The molecule has 81 heavy (non-hydrogen) atoms. The van der Waals surface area contributed by atoms with Gasteiger partial charge in [0.2, 0.25) is 11.9 Å². The van der Waals surface area contributed by atoms with Crippen LogP contribution in [0.1, 0.15) is 99.6 Å². The van der Waals surface area contributed by atoms with Crippen molar-refractivity contribution in [2.75, 3.05) is 70.5 Å². The van der Waals surface area contributed by atoms with Crippen molar-refractivity contribution in [3.63, 3.8) is 0 Å². The number of carbonyl (C=O) groups excluding carboxylic acids is 2. The summed E-state index contributed by atoms with van der Waals surface area (Å²) in [4.78, 5) is 36.1. The zero-order chi connectivity index (χ0) is 58.2. The summed E-state index contributed by atoms with van der Waals surface area (Å²) in [6, 6.07) is 33.7. The SMILES string of the molecule is C.CC(C)(C)OC(=O)OC(=O)OC(C)(C)C.CCN=C(NS(=O)(=O)c1ccc(N)cc1)N1CC2(C=N1)CCN(Cc1ccccc1)CC2.CCN=C(NS(=O)(=O)c1ccc(NC)cc1)N1CC2(C=N1)CCN(Cc1ccccc1)CC2. The van der Waals surface area contributed by atoms with E-state index in [9.17, 15) is 26.4 Å². The molecule has 0 bridgehead atoms. The van der Waals surface area contributed by atoms with Crippen molar-refractivity contribution >= 4 is 68.1 Å². The maximum absolute atomic E-state index is 13.0. The smallest absolute Gasteiger partial charge is 0.428 e. The van der Waals surface area contributed by atoms with E-state index in [1.165, 1.54) is 23.3 Å². The topological polar surface area (TPSA) is 255 Å². The number of piperidine rings is 2. The molecule has 0 atom stereocenters. The van der Waals surface area contributed by atoms with Gasteiger partial charge in [-0.25, -0.2) is 45.9 Å². The second-order valence-electron chi connectivity index (χ2n) is 22.0. The monoisotopic (exact) mass is 1160 g/mol. The van der Waals surface area contributed by atoms with Crippen molar-refractivity contribution in [3.8, 4) is 0 Å². The standard InChI is InChI=1S/C24H32N6O2S.C23H30N6O2S.C10H18O5.CH4/c1-3-26-23(28-33(31,32)22-11-9-21(25-2)10-12-22)30-19-24(18-27-30)13-15-29(16-14-24)17-20-7-5-4-6-8-20;1-2-25-22(27-32(30,31)21-10-8-20(24)9-11-21)29-18-23(17-26-29)12-14-28(15-13-23)16-19-6-4-3-5-7-19;1-9(2,3)14-7(11)13-8(12)15-10(4,5)6;/h4-12,18,25H,3,13-17,19H2,1-2H3,(H,26,28);3-11,17H,2,12-16,18,24H2,1H3,(H,25,27);1-6H3;1H4. The largest absolute Gasteiger partial charge is 0.519 e. The van der Waals surface area contributed by atoms with Gasteiger partial charge in [-0.3, -0.25) is 19.8 Å². The first kappa shape index (κ1) is 64.7. The number of hydrogen-bond donors (Lipinski definition) is 4. The Kier molecular flexibility index (Phi) is 22.8. The Bertz CT molecular complexity index is 2980. The molecule has 2 spiro atoms. The second-order valence-corrected chi connectivity index (χ2v) is 25.4. The molecule has 0 unspecified atom stereocenters. The van der Waals surface area contributed by atoms with Crippen molar-refractivity contribution in [1.82, 2.24) is 29.3 Å². The highest BCUT2D eigenvalue weighted by atomic mass is 32.2. The number of rotatable bonds is 11. The van der Waals surface area contributed by atoms with Gasteiger partial charge in [0.15, 0.2) is 0 Å². The van der Waals surface area contributed by atoms with E-state index in [2.05, 4.69) is 98.0 Å². The summed E-state index contributed by atoms with van der Waals surface area (Å²) >= 11 is 0. The van der Waals surface area contributed by atoms with Gasteiger partial charge in [0.25, 0.3) is 20.0 Å². The lowest BCUT2D eigenvalue weighted by Crippen LogP contribution is -2.46. The number of aliphatic imine (C=N–C) groups is 2. The van der Waals surface area contributed by atoms with Crippen LogP contribution < -0.4 is 20.5 Å². The van der Waals surface area contributed by atoms with Crippen LogP contribution in [0.4, 0.5) is 21.0 Å². The lowest BCUT2D eigenvalue weighted by Gasteiger charge is -2.37. The highest BCUT2D eigenvalue weighted by Crippen LogP contribution is 2.36. The van der Waals surface area contributed by atoms with Crippen LogP contribution >= 0.6 is 0 Å². The zero-order valence-corrected chi connectivity index (χ0v) is 49.2. The van der Waals surface area contributed by atoms with Gasteiger partial charge in [-0.2, -0.15) is 10.2 Å². The number of nitrogen functional groups attached to an aromatic ring is 1. The van der Waals surface area contributed by atoms with Crippen LogP contribution in [-0.4, -0.2) is 144 Å². The first-order valence-electron chi connectivity index (χ1n) is 26.9. The molecule has 0 amide bonds. The molecular formula is C58H84N12O9S2. The molecule has 0 saturated carbocycles. The van der Waals surface area contributed by atoms with Gasteiger partial charge in [0.05, 0.1) is 22.9 Å². The van der Waals surface area contributed by atoms with Gasteiger partial charge >= 0.3 is 12.3 Å². The van der Waals surface area contributed by atoms with Crippen LogP contribution in [0.5, 0.6) is 0 Å². The van der Waals surface area contributed by atoms with Crippen molar-refractivity contribution in [2.45, 2.75) is 123 Å². The molecule has 23 heteroatoms. The number of sulfonamides is 2. The third-order valence-electron chi connectivity index (χ3n) is 13.2. The Morgan fingerprint density at radius 1 is 0.593 bits per heavy atom. The van der Waals surface area contributed by atoms with Crippen molar-refractivity contribution in [1.29, 1.82) is 0 Å². The Morgan fingerprint density at radius 3 is 1.28 bits per heavy atom. The number of guanidine groups is 2. The summed E-state index contributed by atoms with van der Waals surface area (Å²) in [5.74, 6) is 0.527. The van der Waals surface area contributed by atoms with Gasteiger partial charge in [0, 0.05) is 67.9 Å². The summed E-state index contributed by atoms with van der Waals surface area (Å²) < 4.78 is 70.7. The van der Waals surface area contributed by atoms with Gasteiger partial charge in [-0.15, -0.1) is 0 Å². The summed E-state index contributed by atoms with van der Waals surface area (Å²) in [6.07, 6.45) is 5.78. The maximum Gasteiger partial charge on any atom is 0.519 e. The van der Waals surface area contributed by atoms with Crippen LogP contribution in [0, 0.1) is 10.8 Å². The number of benzene rings is 4. The quantitative estimate of drug-likeness (QED) is 0.0359. The van der Waals surface area contributed by atoms with Crippen LogP contribution in [0.2, 0.25) is 0 Å². The predicted molar refractivity (Wildman–Crippen MR) is 321 cm³/mol. The number of nitrogens with zero attached hydrogens (tertiary/aromatic N) is 8. The second kappa shape index (κ2) is 28.6. The lowest BCUT2D eigenvalue weighted by atomic mass is 9.80. The minimum Gasteiger partial charge on any atom is -0.428 e. The number of hydrazone groups is 2. The third kappa shape index (κ3) is 20.1. The Hall–Kier alpha value is -7.08. The number of anilines is 2. The molecule has 0 aliphatic carbocycles. The molecule has 8 rings (SSSR count). The van der Waals surface area contributed by atoms with E-state index in [1.54, 1.807) is 95.0 Å². The van der Waals surface area contributed by atoms with Gasteiger partial charge in [-0.1, -0.05) is 68.1 Å². The molecule has 5 N–H and O–H groups in total. The lowest BCUT2D eigenvalue weighted by molar-refractivity contribution is -0.0294. The minimum atomic E-state index is -3.78. The van der Waals surface area contributed by atoms with Gasteiger partial charge in [0.1, 0.15) is 11.2 Å². The number of hydrogen-bond acceptors (Lipinski definition) is 17. The summed E-state index contributed by atoms with van der Waals surface area (Å²) in [5.41, 5.74) is 8.18. The van der Waals surface area contributed by atoms with E-state index in [0.717, 1.165) is 70.6 Å². The number of nitrogens with two attached hydrogens (primary N) is 1. The van der Waals surface area contributed by atoms with Crippen molar-refractivity contribution in [3.05, 3.63) is 120 Å². The van der Waals surface area contributed by atoms with E-state index >= 15 is 0 Å². The summed E-state index contributed by atoms with van der Waals surface area (Å²) in [6.45, 7) is 21.8. The molecule has 0 aromatic heterocycles. The van der Waals surface area contributed by atoms with E-state index in [-0.39, 0.29) is 40.0 Å². The molecule has 4 aromatic carbocycles. The van der Waals surface area contributed by atoms with E-state index in [0.29, 0.717) is 31.9 Å².